The van der Waals surface area contributed by atoms with Gasteiger partial charge in [-0.3, -0.25) is 4.79 Å². The van der Waals surface area contributed by atoms with E-state index in [1.54, 1.807) is 17.1 Å². The molecule has 5 heteroatoms. The molecule has 1 amide bonds. The van der Waals surface area contributed by atoms with Crippen LogP contribution in [0.15, 0.2) is 59.3 Å². The van der Waals surface area contributed by atoms with Gasteiger partial charge in [-0.15, -0.1) is 0 Å². The Hall–Kier alpha value is -2.82. The van der Waals surface area contributed by atoms with Crippen LogP contribution in [-0.2, 0) is 6.42 Å². The summed E-state index contributed by atoms with van der Waals surface area (Å²) in [6.07, 6.45) is 3.90. The molecule has 0 fully saturated rings. The number of benzene rings is 1. The third-order valence-corrected chi connectivity index (χ3v) is 3.49. The van der Waals surface area contributed by atoms with E-state index in [1.807, 2.05) is 49.4 Å². The molecule has 0 aliphatic carbocycles. The Morgan fingerprint density at radius 2 is 2.05 bits per heavy atom. The van der Waals surface area contributed by atoms with Crippen LogP contribution in [0.25, 0.3) is 5.69 Å². The lowest BCUT2D eigenvalue weighted by atomic mass is 10.2. The molecule has 2 heterocycles. The van der Waals surface area contributed by atoms with E-state index in [0.717, 1.165) is 17.1 Å². The first-order chi connectivity index (χ1) is 10.8. The lowest BCUT2D eigenvalue weighted by Gasteiger charge is -2.06. The fourth-order valence-electron chi connectivity index (χ4n) is 2.31. The Kier molecular flexibility index (Phi) is 4.05. The van der Waals surface area contributed by atoms with Crippen molar-refractivity contribution in [3.05, 3.63) is 71.9 Å². The number of hydrogen-bond donors (Lipinski definition) is 1. The Bertz CT molecular complexity index is 746. The van der Waals surface area contributed by atoms with Crippen LogP contribution in [0.1, 0.15) is 21.8 Å². The van der Waals surface area contributed by atoms with Gasteiger partial charge >= 0.3 is 0 Å². The zero-order valence-electron chi connectivity index (χ0n) is 12.3. The van der Waals surface area contributed by atoms with E-state index in [-0.39, 0.29) is 5.91 Å². The normalized spacial score (nSPS) is 10.6. The van der Waals surface area contributed by atoms with Crippen molar-refractivity contribution < 1.29 is 9.21 Å². The fraction of sp³-hybridized carbons (Fsp3) is 0.176. The Morgan fingerprint density at radius 3 is 2.77 bits per heavy atom. The van der Waals surface area contributed by atoms with Crippen LogP contribution < -0.4 is 5.32 Å². The Labute approximate surface area is 128 Å². The summed E-state index contributed by atoms with van der Waals surface area (Å²) in [5.41, 5.74) is 2.35. The van der Waals surface area contributed by atoms with Crippen LogP contribution >= 0.6 is 0 Å². The van der Waals surface area contributed by atoms with Crippen molar-refractivity contribution in [1.29, 1.82) is 0 Å². The van der Waals surface area contributed by atoms with Gasteiger partial charge in [0.1, 0.15) is 5.76 Å². The van der Waals surface area contributed by atoms with Crippen LogP contribution in [0.5, 0.6) is 0 Å². The lowest BCUT2D eigenvalue weighted by molar-refractivity contribution is 0.0953. The van der Waals surface area contributed by atoms with Crippen LogP contribution in [-0.4, -0.2) is 22.2 Å². The SMILES string of the molecule is Cc1c(C(=O)NCCc2ccco2)cnn1-c1ccccc1. The minimum absolute atomic E-state index is 0.119. The molecule has 0 unspecified atom stereocenters. The van der Waals surface area contributed by atoms with Gasteiger partial charge in [-0.05, 0) is 31.2 Å². The van der Waals surface area contributed by atoms with E-state index >= 15 is 0 Å². The van der Waals surface area contributed by atoms with Crippen molar-refractivity contribution in [2.45, 2.75) is 13.3 Å². The average Bonchev–Trinajstić information content (AvgIpc) is 3.18. The van der Waals surface area contributed by atoms with Gasteiger partial charge < -0.3 is 9.73 Å². The maximum absolute atomic E-state index is 12.2. The summed E-state index contributed by atoms with van der Waals surface area (Å²) in [6.45, 7) is 2.42. The number of para-hydroxylation sites is 1. The summed E-state index contributed by atoms with van der Waals surface area (Å²) in [4.78, 5) is 12.2. The predicted molar refractivity (Wildman–Crippen MR) is 83.0 cm³/mol. The second-order valence-electron chi connectivity index (χ2n) is 4.98. The molecule has 0 aliphatic heterocycles. The number of carbonyl (C=O) groups is 1. The summed E-state index contributed by atoms with van der Waals surface area (Å²) in [6, 6.07) is 13.5. The van der Waals surface area contributed by atoms with Crippen molar-refractivity contribution in [3.63, 3.8) is 0 Å². The molecule has 0 radical (unpaired) electrons. The van der Waals surface area contributed by atoms with Crippen molar-refractivity contribution in [1.82, 2.24) is 15.1 Å². The maximum atomic E-state index is 12.2. The number of nitrogens with zero attached hydrogens (tertiary/aromatic N) is 2. The third kappa shape index (κ3) is 2.93. The lowest BCUT2D eigenvalue weighted by Crippen LogP contribution is -2.26. The van der Waals surface area contributed by atoms with Crippen LogP contribution in [0.4, 0.5) is 0 Å². The van der Waals surface area contributed by atoms with Gasteiger partial charge in [0.05, 0.1) is 29.4 Å². The maximum Gasteiger partial charge on any atom is 0.254 e. The minimum Gasteiger partial charge on any atom is -0.469 e. The molecular formula is C17H17N3O2. The van der Waals surface area contributed by atoms with E-state index < -0.39 is 0 Å². The second kappa shape index (κ2) is 6.30. The highest BCUT2D eigenvalue weighted by atomic mass is 16.3. The average molecular weight is 295 g/mol. The Balaban J connectivity index is 1.67. The van der Waals surface area contributed by atoms with E-state index in [9.17, 15) is 4.79 Å². The number of amides is 1. The van der Waals surface area contributed by atoms with Crippen molar-refractivity contribution in [2.24, 2.45) is 0 Å². The number of hydrogen-bond acceptors (Lipinski definition) is 3. The number of furan rings is 1. The molecule has 0 bridgehead atoms. The summed E-state index contributed by atoms with van der Waals surface area (Å²) in [7, 11) is 0. The predicted octanol–water partition coefficient (Wildman–Crippen LogP) is 2.75. The highest BCUT2D eigenvalue weighted by Gasteiger charge is 2.14. The van der Waals surface area contributed by atoms with Crippen LogP contribution in [0.3, 0.4) is 0 Å². The smallest absolute Gasteiger partial charge is 0.254 e. The van der Waals surface area contributed by atoms with E-state index in [2.05, 4.69) is 10.4 Å². The molecule has 0 saturated heterocycles. The van der Waals surface area contributed by atoms with Gasteiger partial charge in [-0.1, -0.05) is 18.2 Å². The number of carbonyl (C=O) groups excluding carboxylic acids is 1. The summed E-state index contributed by atoms with van der Waals surface area (Å²) >= 11 is 0. The molecule has 0 atom stereocenters. The molecule has 22 heavy (non-hydrogen) atoms. The largest absolute Gasteiger partial charge is 0.469 e. The van der Waals surface area contributed by atoms with Crippen LogP contribution in [0.2, 0.25) is 0 Å². The van der Waals surface area contributed by atoms with Crippen molar-refractivity contribution >= 4 is 5.91 Å². The summed E-state index contributed by atoms with van der Waals surface area (Å²) in [5, 5.41) is 7.19. The molecule has 5 nitrogen and oxygen atoms in total. The summed E-state index contributed by atoms with van der Waals surface area (Å²) < 4.78 is 7.00. The molecule has 3 rings (SSSR count). The van der Waals surface area contributed by atoms with Gasteiger partial charge in [-0.25, -0.2) is 4.68 Å². The zero-order chi connectivity index (χ0) is 15.4. The van der Waals surface area contributed by atoms with Gasteiger partial charge in [0.2, 0.25) is 0 Å². The molecular weight excluding hydrogens is 278 g/mol. The molecule has 0 aliphatic rings. The van der Waals surface area contributed by atoms with Gasteiger partial charge in [0, 0.05) is 13.0 Å². The first-order valence-corrected chi connectivity index (χ1v) is 7.16. The first kappa shape index (κ1) is 14.1. The summed E-state index contributed by atoms with van der Waals surface area (Å²) in [5.74, 6) is 0.739. The second-order valence-corrected chi connectivity index (χ2v) is 4.98. The van der Waals surface area contributed by atoms with Gasteiger partial charge in [0.15, 0.2) is 0 Å². The number of nitrogens with one attached hydrogen (secondary N) is 1. The number of rotatable bonds is 5. The quantitative estimate of drug-likeness (QED) is 0.787. The molecule has 3 aromatic rings. The van der Waals surface area contributed by atoms with Gasteiger partial charge in [-0.2, -0.15) is 5.10 Å². The highest BCUT2D eigenvalue weighted by Crippen LogP contribution is 2.13. The van der Waals surface area contributed by atoms with Gasteiger partial charge in [0.25, 0.3) is 5.91 Å². The molecule has 0 spiro atoms. The molecule has 112 valence electrons. The topological polar surface area (TPSA) is 60.1 Å². The molecule has 0 saturated carbocycles. The van der Waals surface area contributed by atoms with Crippen molar-refractivity contribution in [3.8, 4) is 5.69 Å². The van der Waals surface area contributed by atoms with Crippen molar-refractivity contribution in [2.75, 3.05) is 6.54 Å². The molecule has 2 aromatic heterocycles. The minimum atomic E-state index is -0.119. The monoisotopic (exact) mass is 295 g/mol. The first-order valence-electron chi connectivity index (χ1n) is 7.16. The van der Waals surface area contributed by atoms with E-state index in [0.29, 0.717) is 18.5 Å². The van der Waals surface area contributed by atoms with Crippen LogP contribution in [0, 0.1) is 6.92 Å². The molecule has 1 N–H and O–H groups in total. The fourth-order valence-corrected chi connectivity index (χ4v) is 2.31. The number of aromatic nitrogens is 2. The third-order valence-electron chi connectivity index (χ3n) is 3.49. The molecule has 1 aromatic carbocycles. The highest BCUT2D eigenvalue weighted by molar-refractivity contribution is 5.95. The zero-order valence-corrected chi connectivity index (χ0v) is 12.3. The standard InChI is InChI=1S/C17H17N3O2/c1-13-16(12-19-20(13)14-6-3-2-4-7-14)17(21)18-10-9-15-8-5-11-22-15/h2-8,11-12H,9-10H2,1H3,(H,18,21). The van der Waals surface area contributed by atoms with E-state index in [4.69, 9.17) is 4.42 Å². The van der Waals surface area contributed by atoms with E-state index in [1.165, 1.54) is 0 Å². The Morgan fingerprint density at radius 1 is 1.23 bits per heavy atom.